The topological polar surface area (TPSA) is 66.5 Å². The minimum Gasteiger partial charge on any atom is -0.354 e. The second-order valence-corrected chi connectivity index (χ2v) is 5.58. The van der Waals surface area contributed by atoms with E-state index in [1.807, 2.05) is 0 Å². The number of amides is 3. The fourth-order valence-electron chi connectivity index (χ4n) is 2.50. The van der Waals surface area contributed by atoms with Crippen LogP contribution in [-0.4, -0.2) is 35.2 Å². The van der Waals surface area contributed by atoms with Crippen molar-refractivity contribution in [3.8, 4) is 0 Å². The van der Waals surface area contributed by atoms with E-state index >= 15 is 0 Å². The number of hydrogen-bond donors (Lipinski definition) is 1. The molecule has 0 bridgehead atoms. The molecule has 1 saturated heterocycles. The molecule has 2 aliphatic heterocycles. The highest BCUT2D eigenvalue weighted by Gasteiger charge is 2.40. The summed E-state index contributed by atoms with van der Waals surface area (Å²) in [5.41, 5.74) is 0.862. The first kappa shape index (κ1) is 12.3. The van der Waals surface area contributed by atoms with Crippen molar-refractivity contribution in [1.82, 2.24) is 10.2 Å². The molecule has 2 heterocycles. The monoisotopic (exact) mass is 322 g/mol. The maximum absolute atomic E-state index is 12.3. The Morgan fingerprint density at radius 1 is 1.16 bits per heavy atom. The Balaban J connectivity index is 1.92. The van der Waals surface area contributed by atoms with Gasteiger partial charge < -0.3 is 5.32 Å². The predicted octanol–water partition coefficient (Wildman–Crippen LogP) is 1.32. The first-order valence-corrected chi connectivity index (χ1v) is 6.81. The van der Waals surface area contributed by atoms with Crippen molar-refractivity contribution < 1.29 is 14.4 Å². The molecule has 0 saturated carbocycles. The number of nitrogens with zero attached hydrogens (tertiary/aromatic N) is 1. The van der Waals surface area contributed by atoms with Crippen molar-refractivity contribution in [3.05, 3.63) is 33.8 Å². The van der Waals surface area contributed by atoms with Gasteiger partial charge in [-0.2, -0.15) is 0 Å². The summed E-state index contributed by atoms with van der Waals surface area (Å²) in [5.74, 6) is -0.577. The van der Waals surface area contributed by atoms with Crippen molar-refractivity contribution in [1.29, 1.82) is 0 Å². The Kier molecular flexibility index (Phi) is 2.89. The summed E-state index contributed by atoms with van der Waals surface area (Å²) in [6.07, 6.45) is 0.875. The number of carbonyl (C=O) groups excluding carboxylic acids is 3. The number of carbonyl (C=O) groups is 3. The lowest BCUT2D eigenvalue weighted by Crippen LogP contribution is -2.50. The molecule has 5 nitrogen and oxygen atoms in total. The van der Waals surface area contributed by atoms with Gasteiger partial charge in [-0.1, -0.05) is 15.9 Å². The van der Waals surface area contributed by atoms with Crippen molar-refractivity contribution in [3.63, 3.8) is 0 Å². The maximum Gasteiger partial charge on any atom is 0.261 e. The van der Waals surface area contributed by atoms with Gasteiger partial charge in [0.2, 0.25) is 5.91 Å². The van der Waals surface area contributed by atoms with Crippen LogP contribution in [0.2, 0.25) is 0 Å². The molecule has 2 aliphatic rings. The van der Waals surface area contributed by atoms with Gasteiger partial charge >= 0.3 is 0 Å². The smallest absolute Gasteiger partial charge is 0.261 e. The average molecular weight is 323 g/mol. The molecular formula is C13H11BrN2O3. The molecule has 0 radical (unpaired) electrons. The molecule has 98 valence electrons. The lowest BCUT2D eigenvalue weighted by atomic mass is 10.1. The Bertz CT molecular complexity index is 590. The summed E-state index contributed by atoms with van der Waals surface area (Å²) in [4.78, 5) is 37.0. The molecule has 0 aromatic heterocycles. The zero-order valence-electron chi connectivity index (χ0n) is 9.98. The first-order valence-electron chi connectivity index (χ1n) is 6.02. The van der Waals surface area contributed by atoms with E-state index in [-0.39, 0.29) is 23.8 Å². The number of benzene rings is 1. The van der Waals surface area contributed by atoms with E-state index in [0.29, 0.717) is 30.5 Å². The van der Waals surface area contributed by atoms with Gasteiger partial charge in [-0.05, 0) is 24.6 Å². The van der Waals surface area contributed by atoms with E-state index in [1.54, 1.807) is 18.2 Å². The Morgan fingerprint density at radius 3 is 2.58 bits per heavy atom. The van der Waals surface area contributed by atoms with Crippen LogP contribution in [0.5, 0.6) is 0 Å². The van der Waals surface area contributed by atoms with Gasteiger partial charge in [0, 0.05) is 17.4 Å². The predicted molar refractivity (Wildman–Crippen MR) is 70.7 cm³/mol. The molecule has 1 atom stereocenters. The molecule has 1 fully saturated rings. The summed E-state index contributed by atoms with van der Waals surface area (Å²) in [5, 5.41) is 2.69. The summed E-state index contributed by atoms with van der Waals surface area (Å²) in [6.45, 7) is 0.339. The first-order chi connectivity index (χ1) is 9.08. The third-order valence-corrected chi connectivity index (χ3v) is 3.98. The van der Waals surface area contributed by atoms with E-state index in [9.17, 15) is 14.4 Å². The number of halogens is 1. The van der Waals surface area contributed by atoms with Crippen LogP contribution in [0.15, 0.2) is 22.7 Å². The summed E-state index contributed by atoms with van der Waals surface area (Å²) in [7, 11) is 0. The van der Waals surface area contributed by atoms with Crippen molar-refractivity contribution in [2.45, 2.75) is 18.9 Å². The van der Waals surface area contributed by atoms with Crippen LogP contribution in [-0.2, 0) is 4.79 Å². The molecule has 3 rings (SSSR count). The quantitative estimate of drug-likeness (QED) is 0.793. The van der Waals surface area contributed by atoms with Crippen LogP contribution >= 0.6 is 15.9 Å². The van der Waals surface area contributed by atoms with E-state index in [1.165, 1.54) is 4.90 Å². The molecule has 1 aromatic carbocycles. The van der Waals surface area contributed by atoms with Crippen molar-refractivity contribution >= 4 is 33.7 Å². The normalized spacial score (nSPS) is 22.5. The fourth-order valence-corrected chi connectivity index (χ4v) is 2.86. The highest BCUT2D eigenvalue weighted by molar-refractivity contribution is 9.10. The highest BCUT2D eigenvalue weighted by atomic mass is 79.9. The molecule has 1 aromatic rings. The number of hydrogen-bond acceptors (Lipinski definition) is 3. The molecule has 3 amide bonds. The number of fused-ring (bicyclic) bond motifs is 1. The third-order valence-electron chi connectivity index (χ3n) is 3.48. The Labute approximate surface area is 118 Å². The maximum atomic E-state index is 12.3. The second kappa shape index (κ2) is 4.45. The second-order valence-electron chi connectivity index (χ2n) is 4.67. The van der Waals surface area contributed by atoms with Crippen LogP contribution in [0.1, 0.15) is 33.6 Å². The van der Waals surface area contributed by atoms with Crippen molar-refractivity contribution in [2.24, 2.45) is 0 Å². The number of imide groups is 1. The van der Waals surface area contributed by atoms with Crippen LogP contribution in [0.25, 0.3) is 0 Å². The largest absolute Gasteiger partial charge is 0.354 e. The van der Waals surface area contributed by atoms with Crippen molar-refractivity contribution in [2.75, 3.05) is 6.54 Å². The van der Waals surface area contributed by atoms with E-state index in [2.05, 4.69) is 21.2 Å². The SMILES string of the molecule is O=C1CCC(N2C(=O)c3ccc(Br)cc3C2=O)CN1. The van der Waals surface area contributed by atoms with E-state index in [4.69, 9.17) is 0 Å². The number of nitrogens with one attached hydrogen (secondary N) is 1. The molecular weight excluding hydrogens is 312 g/mol. The van der Waals surface area contributed by atoms with Crippen LogP contribution < -0.4 is 5.32 Å². The van der Waals surface area contributed by atoms with Gasteiger partial charge in [0.1, 0.15) is 0 Å². The minimum absolute atomic E-state index is 0.0318. The Hall–Kier alpha value is -1.69. The standard InChI is InChI=1S/C13H11BrN2O3/c14-7-1-3-9-10(5-7)13(19)16(12(9)18)8-2-4-11(17)15-6-8/h1,3,5,8H,2,4,6H2,(H,15,17). The molecule has 19 heavy (non-hydrogen) atoms. The van der Waals surface area contributed by atoms with Gasteiger partial charge in [0.25, 0.3) is 11.8 Å². The minimum atomic E-state index is -0.276. The molecule has 1 N–H and O–H groups in total. The molecule has 6 heteroatoms. The zero-order valence-corrected chi connectivity index (χ0v) is 11.6. The van der Waals surface area contributed by atoms with Crippen LogP contribution in [0, 0.1) is 0 Å². The number of rotatable bonds is 1. The van der Waals surface area contributed by atoms with Gasteiger partial charge in [-0.15, -0.1) is 0 Å². The molecule has 0 aliphatic carbocycles. The summed E-state index contributed by atoms with van der Waals surface area (Å²) < 4.78 is 0.770. The fraction of sp³-hybridized carbons (Fsp3) is 0.308. The van der Waals surface area contributed by atoms with Gasteiger partial charge in [0.15, 0.2) is 0 Å². The van der Waals surface area contributed by atoms with E-state index in [0.717, 1.165) is 4.47 Å². The summed E-state index contributed by atoms with van der Waals surface area (Å²) >= 11 is 3.30. The molecule has 0 spiro atoms. The molecule has 1 unspecified atom stereocenters. The van der Waals surface area contributed by atoms with E-state index < -0.39 is 0 Å². The average Bonchev–Trinajstić information content (AvgIpc) is 2.63. The Morgan fingerprint density at radius 2 is 1.89 bits per heavy atom. The van der Waals surface area contributed by atoms with Gasteiger partial charge in [0.05, 0.1) is 17.2 Å². The summed E-state index contributed by atoms with van der Waals surface area (Å²) in [6, 6.07) is 4.82. The highest BCUT2D eigenvalue weighted by Crippen LogP contribution is 2.29. The van der Waals surface area contributed by atoms with Crippen LogP contribution in [0.4, 0.5) is 0 Å². The lowest BCUT2D eigenvalue weighted by Gasteiger charge is -2.29. The van der Waals surface area contributed by atoms with Crippen LogP contribution in [0.3, 0.4) is 0 Å². The third kappa shape index (κ3) is 1.96. The number of piperidine rings is 1. The lowest BCUT2D eigenvalue weighted by molar-refractivity contribution is -0.123. The van der Waals surface area contributed by atoms with Gasteiger partial charge in [-0.3, -0.25) is 19.3 Å². The van der Waals surface area contributed by atoms with Gasteiger partial charge in [-0.25, -0.2) is 0 Å². The zero-order chi connectivity index (χ0) is 13.6.